The van der Waals surface area contributed by atoms with Crippen LogP contribution in [0.15, 0.2) is 30.3 Å². The monoisotopic (exact) mass is 426 g/mol. The molecule has 1 aromatic carbocycles. The van der Waals surface area contributed by atoms with Gasteiger partial charge in [-0.1, -0.05) is 37.3 Å². The third kappa shape index (κ3) is 8.82. The number of alkyl carbamates (subject to hydrolysis) is 1. The largest absolute Gasteiger partial charge is 0.445 e. The van der Waals surface area contributed by atoms with Gasteiger partial charge in [-0.05, 0) is 30.2 Å². The van der Waals surface area contributed by atoms with Gasteiger partial charge in [-0.3, -0.25) is 4.79 Å². The van der Waals surface area contributed by atoms with Crippen LogP contribution in [0.25, 0.3) is 0 Å². The smallest absolute Gasteiger partial charge is 0.408 e. The quantitative estimate of drug-likeness (QED) is 0.621. The van der Waals surface area contributed by atoms with Gasteiger partial charge in [0.05, 0.1) is 5.75 Å². The van der Waals surface area contributed by atoms with Crippen molar-refractivity contribution in [1.82, 2.24) is 10.6 Å². The molecule has 0 aliphatic carbocycles. The first kappa shape index (κ1) is 23.2. The van der Waals surface area contributed by atoms with Crippen LogP contribution in [-0.4, -0.2) is 58.2 Å². The van der Waals surface area contributed by atoms with Crippen molar-refractivity contribution in [3.05, 3.63) is 35.9 Å². The molecule has 0 radical (unpaired) electrons. The summed E-state index contributed by atoms with van der Waals surface area (Å²) >= 11 is 0. The summed E-state index contributed by atoms with van der Waals surface area (Å²) in [4.78, 5) is 24.8. The molecule has 0 unspecified atom stereocenters. The van der Waals surface area contributed by atoms with Crippen LogP contribution >= 0.6 is 0 Å². The number of benzene rings is 1. The molecule has 1 saturated heterocycles. The standard InChI is InChI=1S/C20H30N2O6S/c1-20(9-11-27-12-10-20)15-21-18(23)17(8-13-29(2,25)26)22-19(24)28-14-16-6-4-3-5-7-16/h3-7,17H,8-15H2,1-2H3,(H,21,23)(H,22,24)/t17-/m0/s1. The molecule has 0 saturated carbocycles. The molecule has 0 aromatic heterocycles. The van der Waals surface area contributed by atoms with Gasteiger partial charge in [0, 0.05) is 26.0 Å². The fourth-order valence-electron chi connectivity index (χ4n) is 2.97. The van der Waals surface area contributed by atoms with E-state index in [-0.39, 0.29) is 24.2 Å². The Labute approximate surface area is 172 Å². The zero-order valence-corrected chi connectivity index (χ0v) is 17.8. The molecule has 1 fully saturated rings. The Hall–Kier alpha value is -2.13. The van der Waals surface area contributed by atoms with Crippen LogP contribution in [0.4, 0.5) is 4.79 Å². The topological polar surface area (TPSA) is 111 Å². The Morgan fingerprint density at radius 1 is 1.21 bits per heavy atom. The number of ether oxygens (including phenoxy) is 2. The molecule has 0 spiro atoms. The number of hydrogen-bond acceptors (Lipinski definition) is 6. The fourth-order valence-corrected chi connectivity index (χ4v) is 3.64. The molecule has 1 aliphatic rings. The number of carbonyl (C=O) groups is 2. The molecule has 2 amide bonds. The van der Waals surface area contributed by atoms with Crippen LogP contribution in [0.5, 0.6) is 0 Å². The van der Waals surface area contributed by atoms with Gasteiger partial charge in [0.15, 0.2) is 0 Å². The molecular formula is C20H30N2O6S. The molecule has 162 valence electrons. The summed E-state index contributed by atoms with van der Waals surface area (Å²) in [6.45, 7) is 3.86. The van der Waals surface area contributed by atoms with Gasteiger partial charge in [0.25, 0.3) is 0 Å². The van der Waals surface area contributed by atoms with Gasteiger partial charge in [-0.15, -0.1) is 0 Å². The fraction of sp³-hybridized carbons (Fsp3) is 0.600. The Balaban J connectivity index is 1.91. The Morgan fingerprint density at radius 3 is 2.48 bits per heavy atom. The number of hydrogen-bond donors (Lipinski definition) is 2. The van der Waals surface area contributed by atoms with Gasteiger partial charge >= 0.3 is 6.09 Å². The Morgan fingerprint density at radius 2 is 1.86 bits per heavy atom. The first-order chi connectivity index (χ1) is 13.7. The summed E-state index contributed by atoms with van der Waals surface area (Å²) in [5.74, 6) is -0.632. The van der Waals surface area contributed by atoms with Crippen LogP contribution in [0.1, 0.15) is 31.7 Å². The van der Waals surface area contributed by atoms with Crippen molar-refractivity contribution in [2.45, 2.75) is 38.8 Å². The van der Waals surface area contributed by atoms with Crippen molar-refractivity contribution in [3.63, 3.8) is 0 Å². The summed E-state index contributed by atoms with van der Waals surface area (Å²) in [5.41, 5.74) is 0.732. The summed E-state index contributed by atoms with van der Waals surface area (Å²) in [6.07, 6.45) is 1.96. The normalized spacial score (nSPS) is 17.2. The number of carbonyl (C=O) groups excluding carboxylic acids is 2. The van der Waals surface area contributed by atoms with E-state index in [1.165, 1.54) is 0 Å². The van der Waals surface area contributed by atoms with E-state index in [0.29, 0.717) is 19.8 Å². The molecular weight excluding hydrogens is 396 g/mol. The molecule has 29 heavy (non-hydrogen) atoms. The lowest BCUT2D eigenvalue weighted by molar-refractivity contribution is -0.124. The number of nitrogens with one attached hydrogen (secondary N) is 2. The molecule has 1 aliphatic heterocycles. The first-order valence-corrected chi connectivity index (χ1v) is 11.7. The van der Waals surface area contributed by atoms with Gasteiger partial charge in [-0.25, -0.2) is 13.2 Å². The van der Waals surface area contributed by atoms with E-state index in [2.05, 4.69) is 17.6 Å². The van der Waals surface area contributed by atoms with E-state index in [1.54, 1.807) is 0 Å². The van der Waals surface area contributed by atoms with Crippen molar-refractivity contribution >= 4 is 21.8 Å². The highest BCUT2D eigenvalue weighted by Crippen LogP contribution is 2.28. The van der Waals surface area contributed by atoms with Crippen LogP contribution < -0.4 is 10.6 Å². The average molecular weight is 427 g/mol. The van der Waals surface area contributed by atoms with Gasteiger partial charge < -0.3 is 20.1 Å². The molecule has 1 atom stereocenters. The van der Waals surface area contributed by atoms with Crippen LogP contribution in [0.2, 0.25) is 0 Å². The highest BCUT2D eigenvalue weighted by atomic mass is 32.2. The van der Waals surface area contributed by atoms with E-state index in [1.807, 2.05) is 30.3 Å². The minimum atomic E-state index is -3.28. The maximum atomic E-state index is 12.6. The second-order valence-electron chi connectivity index (χ2n) is 7.82. The first-order valence-electron chi connectivity index (χ1n) is 9.67. The van der Waals surface area contributed by atoms with Crippen molar-refractivity contribution in [2.24, 2.45) is 5.41 Å². The zero-order valence-electron chi connectivity index (χ0n) is 17.0. The second kappa shape index (κ2) is 10.6. The third-order valence-electron chi connectivity index (χ3n) is 4.99. The lowest BCUT2D eigenvalue weighted by atomic mass is 9.82. The minimum absolute atomic E-state index is 0.0229. The number of rotatable bonds is 9. The number of amides is 2. The summed E-state index contributed by atoms with van der Waals surface area (Å²) in [5, 5.41) is 5.35. The molecule has 1 aromatic rings. The second-order valence-corrected chi connectivity index (χ2v) is 10.1. The lowest BCUT2D eigenvalue weighted by Gasteiger charge is -2.34. The predicted molar refractivity (Wildman–Crippen MR) is 109 cm³/mol. The minimum Gasteiger partial charge on any atom is -0.445 e. The zero-order chi connectivity index (χ0) is 21.3. The summed E-state index contributed by atoms with van der Waals surface area (Å²) in [7, 11) is -3.28. The van der Waals surface area contributed by atoms with Gasteiger partial charge in [0.1, 0.15) is 22.5 Å². The van der Waals surface area contributed by atoms with Crippen molar-refractivity contribution in [2.75, 3.05) is 31.8 Å². The van der Waals surface area contributed by atoms with E-state index in [0.717, 1.165) is 24.7 Å². The van der Waals surface area contributed by atoms with Crippen LogP contribution in [-0.2, 0) is 30.7 Å². The van der Waals surface area contributed by atoms with E-state index < -0.39 is 27.9 Å². The molecule has 2 rings (SSSR count). The molecule has 0 bridgehead atoms. The van der Waals surface area contributed by atoms with E-state index >= 15 is 0 Å². The molecule has 2 N–H and O–H groups in total. The summed E-state index contributed by atoms with van der Waals surface area (Å²) in [6, 6.07) is 8.15. The van der Waals surface area contributed by atoms with E-state index in [4.69, 9.17) is 9.47 Å². The maximum Gasteiger partial charge on any atom is 0.408 e. The molecule has 1 heterocycles. The lowest BCUT2D eigenvalue weighted by Crippen LogP contribution is -2.50. The Kier molecular flexibility index (Phi) is 8.45. The Bertz CT molecular complexity index is 775. The maximum absolute atomic E-state index is 12.6. The van der Waals surface area contributed by atoms with Crippen LogP contribution in [0.3, 0.4) is 0 Å². The summed E-state index contributed by atoms with van der Waals surface area (Å²) < 4.78 is 33.6. The number of sulfone groups is 1. The molecule has 8 nitrogen and oxygen atoms in total. The highest BCUT2D eigenvalue weighted by molar-refractivity contribution is 7.90. The van der Waals surface area contributed by atoms with E-state index in [9.17, 15) is 18.0 Å². The molecule has 9 heteroatoms. The predicted octanol–water partition coefficient (Wildman–Crippen LogP) is 1.65. The highest BCUT2D eigenvalue weighted by Gasteiger charge is 2.30. The van der Waals surface area contributed by atoms with Gasteiger partial charge in [0.2, 0.25) is 5.91 Å². The SMILES string of the molecule is CC1(CNC(=O)[C@H](CCS(C)(=O)=O)NC(=O)OCc2ccccc2)CCOCC1. The van der Waals surface area contributed by atoms with Gasteiger partial charge in [-0.2, -0.15) is 0 Å². The van der Waals surface area contributed by atoms with Crippen LogP contribution in [0, 0.1) is 5.41 Å². The van der Waals surface area contributed by atoms with Crippen molar-refractivity contribution in [3.8, 4) is 0 Å². The average Bonchev–Trinajstić information content (AvgIpc) is 2.68. The van der Waals surface area contributed by atoms with Crippen molar-refractivity contribution < 1.29 is 27.5 Å². The van der Waals surface area contributed by atoms with Crippen molar-refractivity contribution in [1.29, 1.82) is 0 Å². The third-order valence-corrected chi connectivity index (χ3v) is 5.97.